The Hall–Kier alpha value is -0.690. The number of rotatable bonds is 7. The van der Waals surface area contributed by atoms with Gasteiger partial charge in [-0.1, -0.05) is 15.9 Å². The third kappa shape index (κ3) is 4.99. The second-order valence-corrected chi connectivity index (χ2v) is 6.27. The topological polar surface area (TPSA) is 94.6 Å². The highest BCUT2D eigenvalue weighted by Crippen LogP contribution is 2.38. The Bertz CT molecular complexity index is 435. The Morgan fingerprint density at radius 1 is 1.65 bits per heavy atom. The van der Waals surface area contributed by atoms with Gasteiger partial charge in [-0.25, -0.2) is 5.09 Å². The first kappa shape index (κ1) is 14.4. The predicted molar refractivity (Wildman–Crippen MR) is 65.5 cm³/mol. The maximum Gasteiger partial charge on any atom is 0.433 e. The smallest absolute Gasteiger partial charge is 0.403 e. The van der Waals surface area contributed by atoms with E-state index in [0.717, 1.165) is 0 Å². The summed E-state index contributed by atoms with van der Waals surface area (Å²) in [6.07, 6.45) is 0. The molecule has 9 heteroatoms. The molecule has 96 valence electrons. The maximum absolute atomic E-state index is 11.8. The van der Waals surface area contributed by atoms with Crippen LogP contribution in [0.4, 0.5) is 5.88 Å². The van der Waals surface area contributed by atoms with Crippen molar-refractivity contribution in [2.75, 3.05) is 18.5 Å². The van der Waals surface area contributed by atoms with Crippen LogP contribution < -0.4 is 5.09 Å². The van der Waals surface area contributed by atoms with Crippen LogP contribution in [0.1, 0.15) is 5.76 Å². The Morgan fingerprint density at radius 2 is 2.35 bits per heavy atom. The zero-order chi connectivity index (χ0) is 12.9. The minimum Gasteiger partial charge on any atom is -0.403 e. The first-order valence-corrected chi connectivity index (χ1v) is 7.90. The molecule has 1 atom stereocenters. The lowest BCUT2D eigenvalue weighted by Gasteiger charge is -2.13. The third-order valence-electron chi connectivity index (χ3n) is 1.77. The summed E-state index contributed by atoms with van der Waals surface area (Å²) >= 11 is 3.18. The number of alkyl halides is 1. The zero-order valence-corrected chi connectivity index (χ0v) is 11.6. The fraction of sp³-hybridized carbons (Fsp3) is 0.500. The highest BCUT2D eigenvalue weighted by Gasteiger charge is 2.17. The second-order valence-electron chi connectivity index (χ2n) is 3.21. The number of nitrogens with one attached hydrogen (secondary N) is 1. The summed E-state index contributed by atoms with van der Waals surface area (Å²) in [5, 5.41) is 13.7. The summed E-state index contributed by atoms with van der Waals surface area (Å²) in [5.41, 5.74) is 0. The van der Waals surface area contributed by atoms with Crippen molar-refractivity contribution in [2.24, 2.45) is 0 Å². The van der Waals surface area contributed by atoms with Gasteiger partial charge in [-0.05, 0) is 6.07 Å². The molecule has 17 heavy (non-hydrogen) atoms. The fourth-order valence-electron chi connectivity index (χ4n) is 1.02. The van der Waals surface area contributed by atoms with E-state index >= 15 is 0 Å². The zero-order valence-electron chi connectivity index (χ0n) is 9.09. The van der Waals surface area contributed by atoms with Crippen molar-refractivity contribution in [3.05, 3.63) is 28.0 Å². The number of hydrogen-bond donors (Lipinski definition) is 1. The highest BCUT2D eigenvalue weighted by atomic mass is 79.9. The van der Waals surface area contributed by atoms with Crippen molar-refractivity contribution in [3.63, 3.8) is 0 Å². The molecule has 1 N–H and O–H groups in total. The molecule has 0 saturated carbocycles. The van der Waals surface area contributed by atoms with Gasteiger partial charge in [0, 0.05) is 18.5 Å². The van der Waals surface area contributed by atoms with Crippen LogP contribution in [-0.2, 0) is 15.7 Å². The molecule has 1 heterocycles. The molecule has 0 radical (unpaired) electrons. The van der Waals surface area contributed by atoms with Gasteiger partial charge in [0.2, 0.25) is 0 Å². The molecule has 0 amide bonds. The van der Waals surface area contributed by atoms with Crippen LogP contribution in [0, 0.1) is 10.1 Å². The van der Waals surface area contributed by atoms with Crippen molar-refractivity contribution in [3.8, 4) is 0 Å². The minimum absolute atomic E-state index is 0.0725. The van der Waals surface area contributed by atoms with Crippen molar-refractivity contribution < 1.29 is 18.4 Å². The minimum atomic E-state index is -2.90. The Balaban J connectivity index is 2.49. The van der Waals surface area contributed by atoms with Crippen molar-refractivity contribution in [1.82, 2.24) is 5.09 Å². The SMILES string of the molecule is CP(=O)(NCCBr)OCc1ccc([N+](=O)[O-])o1. The monoisotopic (exact) mass is 326 g/mol. The Morgan fingerprint density at radius 3 is 2.88 bits per heavy atom. The average molecular weight is 327 g/mol. The summed E-state index contributed by atoms with van der Waals surface area (Å²) in [4.78, 5) is 9.71. The molecule has 0 bridgehead atoms. The molecule has 0 aromatic carbocycles. The number of hydrogen-bond acceptors (Lipinski definition) is 5. The number of nitro groups is 1. The van der Waals surface area contributed by atoms with Crippen LogP contribution in [0.25, 0.3) is 0 Å². The molecule has 1 aromatic rings. The van der Waals surface area contributed by atoms with Crippen molar-refractivity contribution in [1.29, 1.82) is 0 Å². The van der Waals surface area contributed by atoms with E-state index < -0.39 is 12.4 Å². The van der Waals surface area contributed by atoms with Crippen LogP contribution in [0.2, 0.25) is 0 Å². The van der Waals surface area contributed by atoms with Crippen LogP contribution in [-0.4, -0.2) is 23.5 Å². The Labute approximate surface area is 106 Å². The molecule has 1 rings (SSSR count). The standard InChI is InChI=1S/C8H12BrN2O5P/c1-17(14,10-5-4-9)15-6-7-2-3-8(16-7)11(12)13/h2-3H,4-6H2,1H3,(H,10,14). The molecule has 0 aliphatic heterocycles. The summed E-state index contributed by atoms with van der Waals surface area (Å²) in [6, 6.07) is 2.65. The largest absolute Gasteiger partial charge is 0.433 e. The van der Waals surface area contributed by atoms with Gasteiger partial charge in [-0.15, -0.1) is 0 Å². The van der Waals surface area contributed by atoms with E-state index in [9.17, 15) is 14.7 Å². The van der Waals surface area contributed by atoms with E-state index in [4.69, 9.17) is 8.94 Å². The fourth-order valence-corrected chi connectivity index (χ4v) is 2.51. The third-order valence-corrected chi connectivity index (χ3v) is 3.59. The van der Waals surface area contributed by atoms with E-state index in [1.165, 1.54) is 18.8 Å². The van der Waals surface area contributed by atoms with Crippen molar-refractivity contribution in [2.45, 2.75) is 6.61 Å². The molecule has 0 spiro atoms. The lowest BCUT2D eigenvalue weighted by molar-refractivity contribution is -0.402. The van der Waals surface area contributed by atoms with Gasteiger partial charge < -0.3 is 8.94 Å². The predicted octanol–water partition coefficient (Wildman–Crippen LogP) is 2.51. The molecule has 7 nitrogen and oxygen atoms in total. The number of furan rings is 1. The molecule has 0 aliphatic rings. The summed E-state index contributed by atoms with van der Waals surface area (Å²) in [7, 11) is -2.90. The van der Waals surface area contributed by atoms with Gasteiger partial charge in [0.05, 0.1) is 6.07 Å². The van der Waals surface area contributed by atoms with Crippen LogP contribution in [0.5, 0.6) is 0 Å². The van der Waals surface area contributed by atoms with Gasteiger partial charge in [-0.3, -0.25) is 14.7 Å². The van der Waals surface area contributed by atoms with Crippen LogP contribution >= 0.6 is 23.4 Å². The number of halogens is 1. The van der Waals surface area contributed by atoms with Gasteiger partial charge in [0.15, 0.2) is 0 Å². The molecule has 1 unspecified atom stereocenters. The molecular weight excluding hydrogens is 315 g/mol. The lowest BCUT2D eigenvalue weighted by Crippen LogP contribution is -2.14. The van der Waals surface area contributed by atoms with E-state index in [2.05, 4.69) is 21.0 Å². The van der Waals surface area contributed by atoms with Gasteiger partial charge in [0.25, 0.3) is 7.52 Å². The quantitative estimate of drug-likeness (QED) is 0.358. The van der Waals surface area contributed by atoms with Gasteiger partial charge in [0.1, 0.15) is 17.3 Å². The van der Waals surface area contributed by atoms with Gasteiger partial charge in [-0.2, -0.15) is 0 Å². The van der Waals surface area contributed by atoms with Crippen molar-refractivity contribution >= 4 is 29.3 Å². The first-order valence-electron chi connectivity index (χ1n) is 4.71. The van der Waals surface area contributed by atoms with Gasteiger partial charge >= 0.3 is 5.88 Å². The van der Waals surface area contributed by atoms with E-state index in [-0.39, 0.29) is 18.3 Å². The van der Waals surface area contributed by atoms with Crippen LogP contribution in [0.3, 0.4) is 0 Å². The van der Waals surface area contributed by atoms with E-state index in [0.29, 0.717) is 11.9 Å². The highest BCUT2D eigenvalue weighted by molar-refractivity contribution is 9.09. The summed E-state index contributed by atoms with van der Waals surface area (Å²) in [5.74, 6) is -0.0950. The van der Waals surface area contributed by atoms with E-state index in [1.54, 1.807) is 0 Å². The average Bonchev–Trinajstić information content (AvgIpc) is 2.73. The normalized spacial score (nSPS) is 14.5. The van der Waals surface area contributed by atoms with Crippen LogP contribution in [0.15, 0.2) is 16.5 Å². The lowest BCUT2D eigenvalue weighted by atomic mass is 10.5. The Kier molecular flexibility index (Phi) is 5.32. The summed E-state index contributed by atoms with van der Waals surface area (Å²) < 4.78 is 21.7. The second kappa shape index (κ2) is 6.30. The number of nitrogens with zero attached hydrogens (tertiary/aromatic N) is 1. The molecule has 0 aliphatic carbocycles. The molecule has 0 fully saturated rings. The molecular formula is C8H12BrN2O5P. The maximum atomic E-state index is 11.8. The first-order chi connectivity index (χ1) is 7.94. The molecule has 1 aromatic heterocycles. The van der Waals surface area contributed by atoms with E-state index in [1.807, 2.05) is 0 Å². The summed E-state index contributed by atoms with van der Waals surface area (Å²) in [6.45, 7) is 1.87. The molecule has 0 saturated heterocycles.